The van der Waals surface area contributed by atoms with Gasteiger partial charge >= 0.3 is 0 Å². The molecule has 0 radical (unpaired) electrons. The lowest BCUT2D eigenvalue weighted by Crippen LogP contribution is -2.14. The average Bonchev–Trinajstić information content (AvgIpc) is 3.19. The van der Waals surface area contributed by atoms with E-state index in [0.29, 0.717) is 12.1 Å². The van der Waals surface area contributed by atoms with Crippen LogP contribution in [0.1, 0.15) is 17.0 Å². The van der Waals surface area contributed by atoms with Crippen molar-refractivity contribution in [3.8, 4) is 11.1 Å². The van der Waals surface area contributed by atoms with Gasteiger partial charge in [-0.1, -0.05) is 24.3 Å². The minimum atomic E-state index is -3.26. The van der Waals surface area contributed by atoms with Crippen LogP contribution in [0.15, 0.2) is 78.2 Å². The number of nitrogens with one attached hydrogen (secondary N) is 1. The molecule has 0 spiro atoms. The van der Waals surface area contributed by atoms with Crippen molar-refractivity contribution in [2.45, 2.75) is 17.7 Å². The van der Waals surface area contributed by atoms with Crippen LogP contribution in [0.2, 0.25) is 0 Å². The Morgan fingerprint density at radius 3 is 2.15 bits per heavy atom. The molecule has 0 bridgehead atoms. The third-order valence-corrected chi connectivity index (χ3v) is 6.17. The summed E-state index contributed by atoms with van der Waals surface area (Å²) >= 11 is 0. The molecule has 4 aromatic rings. The van der Waals surface area contributed by atoms with Crippen LogP contribution in [0.3, 0.4) is 0 Å². The number of hydrogen-bond acceptors (Lipinski definition) is 6. The number of amides is 1. The van der Waals surface area contributed by atoms with E-state index in [1.54, 1.807) is 35.4 Å². The van der Waals surface area contributed by atoms with E-state index in [9.17, 15) is 13.2 Å². The number of aromatic nitrogens is 4. The number of rotatable bonds is 7. The first-order valence-electron chi connectivity index (χ1n) is 10.2. The predicted octanol–water partition coefficient (Wildman–Crippen LogP) is 3.05. The molecule has 0 unspecified atom stereocenters. The molecular formula is C24H23N5O3S. The summed E-state index contributed by atoms with van der Waals surface area (Å²) in [5, 5.41) is 6.94. The smallest absolute Gasteiger partial charge is 0.228 e. The number of hydrogen-bond donors (Lipinski definition) is 1. The summed E-state index contributed by atoms with van der Waals surface area (Å²) < 4.78 is 24.8. The molecule has 0 aliphatic rings. The molecule has 0 aliphatic heterocycles. The summed E-state index contributed by atoms with van der Waals surface area (Å²) in [6.45, 7) is 0. The predicted molar refractivity (Wildman–Crippen MR) is 125 cm³/mol. The molecule has 0 fully saturated rings. The second kappa shape index (κ2) is 9.33. The third-order valence-electron chi connectivity index (χ3n) is 5.04. The lowest BCUT2D eigenvalue weighted by Gasteiger charge is -2.07. The maximum Gasteiger partial charge on any atom is 0.228 e. The lowest BCUT2D eigenvalue weighted by molar-refractivity contribution is -0.115. The highest BCUT2D eigenvalue weighted by atomic mass is 32.2. The molecule has 168 valence electrons. The molecule has 0 aliphatic carbocycles. The maximum absolute atomic E-state index is 12.4. The fraction of sp³-hybridized carbons (Fsp3) is 0.167. The molecular weight excluding hydrogens is 438 g/mol. The van der Waals surface area contributed by atoms with Gasteiger partial charge in [-0.05, 0) is 41.0 Å². The van der Waals surface area contributed by atoms with Crippen LogP contribution in [-0.2, 0) is 34.5 Å². The largest absolute Gasteiger partial charge is 0.326 e. The zero-order valence-corrected chi connectivity index (χ0v) is 19.1. The summed E-state index contributed by atoms with van der Waals surface area (Å²) in [5.41, 5.74) is 4.32. The van der Waals surface area contributed by atoms with Gasteiger partial charge in [0.2, 0.25) is 5.91 Å². The van der Waals surface area contributed by atoms with Crippen molar-refractivity contribution in [1.82, 2.24) is 19.7 Å². The SMILES string of the molecule is Cn1cc(Cc2ncc(-c3ccc(CC(=O)Nc4ccc(S(C)(=O)=O)cc4)cc3)cn2)cn1. The van der Waals surface area contributed by atoms with Crippen molar-refractivity contribution < 1.29 is 13.2 Å². The van der Waals surface area contributed by atoms with Gasteiger partial charge in [0.05, 0.1) is 17.5 Å². The van der Waals surface area contributed by atoms with Gasteiger partial charge < -0.3 is 5.32 Å². The number of carbonyl (C=O) groups excluding carboxylic acids is 1. The second-order valence-corrected chi connectivity index (χ2v) is 9.82. The molecule has 2 heterocycles. The molecule has 0 atom stereocenters. The zero-order valence-electron chi connectivity index (χ0n) is 18.3. The first kappa shape index (κ1) is 22.3. The molecule has 1 amide bonds. The van der Waals surface area contributed by atoms with Crippen LogP contribution in [0.25, 0.3) is 11.1 Å². The Bertz CT molecular complexity index is 1360. The van der Waals surface area contributed by atoms with Crippen molar-refractivity contribution in [2.24, 2.45) is 7.05 Å². The van der Waals surface area contributed by atoms with Crippen molar-refractivity contribution in [2.75, 3.05) is 11.6 Å². The standard InChI is InChI=1S/C24H23N5O3S/c1-29-16-18(13-27-29)11-23-25-14-20(15-26-23)19-5-3-17(4-6-19)12-24(30)28-21-7-9-22(10-8-21)33(2,31)32/h3-10,13-16H,11-12H2,1-2H3,(H,28,30). The Hall–Kier alpha value is -3.85. The minimum Gasteiger partial charge on any atom is -0.326 e. The summed E-state index contributed by atoms with van der Waals surface area (Å²) in [6.07, 6.45) is 9.30. The number of aryl methyl sites for hydroxylation is 1. The summed E-state index contributed by atoms with van der Waals surface area (Å²) in [6, 6.07) is 13.8. The van der Waals surface area contributed by atoms with E-state index >= 15 is 0 Å². The Morgan fingerprint density at radius 2 is 1.58 bits per heavy atom. The molecule has 33 heavy (non-hydrogen) atoms. The highest BCUT2D eigenvalue weighted by Crippen LogP contribution is 2.19. The topological polar surface area (TPSA) is 107 Å². The summed E-state index contributed by atoms with van der Waals surface area (Å²) in [4.78, 5) is 21.5. The third kappa shape index (κ3) is 5.89. The molecule has 1 N–H and O–H groups in total. The highest BCUT2D eigenvalue weighted by molar-refractivity contribution is 7.90. The van der Waals surface area contributed by atoms with Crippen molar-refractivity contribution >= 4 is 21.4 Å². The van der Waals surface area contributed by atoms with Crippen LogP contribution in [0.5, 0.6) is 0 Å². The van der Waals surface area contributed by atoms with Crippen molar-refractivity contribution in [3.63, 3.8) is 0 Å². The average molecular weight is 462 g/mol. The Kier molecular flexibility index (Phi) is 6.32. The Balaban J connectivity index is 1.35. The van der Waals surface area contributed by atoms with Crippen molar-refractivity contribution in [1.29, 1.82) is 0 Å². The van der Waals surface area contributed by atoms with Gasteiger partial charge in [0.1, 0.15) is 5.82 Å². The molecule has 0 saturated carbocycles. The Morgan fingerprint density at radius 1 is 0.909 bits per heavy atom. The number of benzene rings is 2. The van der Waals surface area contributed by atoms with Gasteiger partial charge in [0, 0.05) is 49.6 Å². The minimum absolute atomic E-state index is 0.182. The molecule has 2 aromatic carbocycles. The van der Waals surface area contributed by atoms with Gasteiger partial charge in [-0.15, -0.1) is 0 Å². The van der Waals surface area contributed by atoms with E-state index in [0.717, 1.165) is 34.3 Å². The quantitative estimate of drug-likeness (QED) is 0.453. The number of nitrogens with zero attached hydrogens (tertiary/aromatic N) is 4. The van der Waals surface area contributed by atoms with Crippen LogP contribution in [0, 0.1) is 0 Å². The van der Waals surface area contributed by atoms with E-state index in [4.69, 9.17) is 0 Å². The van der Waals surface area contributed by atoms with E-state index in [2.05, 4.69) is 20.4 Å². The fourth-order valence-electron chi connectivity index (χ4n) is 3.33. The van der Waals surface area contributed by atoms with Gasteiger partial charge in [0.25, 0.3) is 0 Å². The molecule has 2 aromatic heterocycles. The second-order valence-electron chi connectivity index (χ2n) is 7.81. The summed E-state index contributed by atoms with van der Waals surface area (Å²) in [5.74, 6) is 0.544. The molecule has 4 rings (SSSR count). The van der Waals surface area contributed by atoms with E-state index in [1.165, 1.54) is 12.1 Å². The van der Waals surface area contributed by atoms with Gasteiger partial charge in [0.15, 0.2) is 9.84 Å². The van der Waals surface area contributed by atoms with Gasteiger partial charge in [-0.3, -0.25) is 9.48 Å². The molecule has 9 heteroatoms. The number of anilines is 1. The van der Waals surface area contributed by atoms with Crippen LogP contribution in [-0.4, -0.2) is 40.3 Å². The van der Waals surface area contributed by atoms with Gasteiger partial charge in [-0.2, -0.15) is 5.10 Å². The maximum atomic E-state index is 12.4. The highest BCUT2D eigenvalue weighted by Gasteiger charge is 2.09. The molecule has 8 nitrogen and oxygen atoms in total. The fourth-order valence-corrected chi connectivity index (χ4v) is 3.96. The normalized spacial score (nSPS) is 11.3. The first-order chi connectivity index (χ1) is 15.8. The van der Waals surface area contributed by atoms with Gasteiger partial charge in [-0.25, -0.2) is 18.4 Å². The lowest BCUT2D eigenvalue weighted by atomic mass is 10.0. The number of sulfone groups is 1. The van der Waals surface area contributed by atoms with E-state index in [-0.39, 0.29) is 17.2 Å². The van der Waals surface area contributed by atoms with Crippen molar-refractivity contribution in [3.05, 3.63) is 90.3 Å². The zero-order chi connectivity index (χ0) is 23.4. The summed E-state index contributed by atoms with van der Waals surface area (Å²) in [7, 11) is -1.39. The monoisotopic (exact) mass is 461 g/mol. The van der Waals surface area contributed by atoms with E-state index in [1.807, 2.05) is 37.5 Å². The first-order valence-corrected chi connectivity index (χ1v) is 12.1. The Labute approximate surface area is 192 Å². The van der Waals surface area contributed by atoms with Crippen LogP contribution in [0.4, 0.5) is 5.69 Å². The van der Waals surface area contributed by atoms with E-state index < -0.39 is 9.84 Å². The van der Waals surface area contributed by atoms with Crippen LogP contribution < -0.4 is 5.32 Å². The number of carbonyl (C=O) groups is 1. The van der Waals surface area contributed by atoms with Crippen LogP contribution >= 0.6 is 0 Å². The molecule has 0 saturated heterocycles.